The van der Waals surface area contributed by atoms with Crippen LogP contribution in [0.4, 0.5) is 0 Å². The molecule has 2 N–H and O–H groups in total. The second kappa shape index (κ2) is 6.54. The van der Waals surface area contributed by atoms with Gasteiger partial charge in [0.05, 0.1) is 24.7 Å². The van der Waals surface area contributed by atoms with Crippen LogP contribution in [0.1, 0.15) is 13.3 Å². The van der Waals surface area contributed by atoms with E-state index in [-0.39, 0.29) is 17.5 Å². The fourth-order valence-electron chi connectivity index (χ4n) is 1.56. The highest BCUT2D eigenvalue weighted by Crippen LogP contribution is 2.01. The van der Waals surface area contributed by atoms with E-state index in [0.29, 0.717) is 26.2 Å². The number of morpholine rings is 1. The maximum atomic E-state index is 11.7. The van der Waals surface area contributed by atoms with Crippen molar-refractivity contribution >= 4 is 9.84 Å². The minimum atomic E-state index is -2.94. The van der Waals surface area contributed by atoms with Gasteiger partial charge in [-0.25, -0.2) is 8.42 Å². The molecule has 5 nitrogen and oxygen atoms in total. The molecule has 0 saturated carbocycles. The van der Waals surface area contributed by atoms with Crippen molar-refractivity contribution in [1.29, 1.82) is 0 Å². The van der Waals surface area contributed by atoms with Gasteiger partial charge in [-0.15, -0.1) is 0 Å². The van der Waals surface area contributed by atoms with E-state index in [1.54, 1.807) is 0 Å². The molecule has 0 bridgehead atoms. The Labute approximate surface area is 97.9 Å². The van der Waals surface area contributed by atoms with Gasteiger partial charge in [0.2, 0.25) is 0 Å². The molecule has 0 amide bonds. The smallest absolute Gasteiger partial charge is 0.151 e. The Kier molecular flexibility index (Phi) is 5.68. The van der Waals surface area contributed by atoms with Gasteiger partial charge >= 0.3 is 0 Å². The molecular weight excluding hydrogens is 228 g/mol. The number of nitrogens with zero attached hydrogens (tertiary/aromatic N) is 1. The minimum absolute atomic E-state index is 0.0434. The van der Waals surface area contributed by atoms with Gasteiger partial charge in [-0.1, -0.05) is 0 Å². The summed E-state index contributed by atoms with van der Waals surface area (Å²) < 4.78 is 28.5. The van der Waals surface area contributed by atoms with Crippen molar-refractivity contribution in [3.8, 4) is 0 Å². The van der Waals surface area contributed by atoms with Crippen molar-refractivity contribution in [2.75, 3.05) is 44.4 Å². The number of ether oxygens (including phenoxy) is 1. The summed E-state index contributed by atoms with van der Waals surface area (Å²) in [5.74, 6) is 0.439. The van der Waals surface area contributed by atoms with Crippen LogP contribution in [0.5, 0.6) is 0 Å². The predicted molar refractivity (Wildman–Crippen MR) is 64.2 cm³/mol. The second-order valence-electron chi connectivity index (χ2n) is 4.37. The van der Waals surface area contributed by atoms with Crippen molar-refractivity contribution in [1.82, 2.24) is 4.90 Å². The Bertz CT molecular complexity index is 284. The highest BCUT2D eigenvalue weighted by atomic mass is 32.2. The summed E-state index contributed by atoms with van der Waals surface area (Å²) in [5.41, 5.74) is 5.55. The van der Waals surface area contributed by atoms with Gasteiger partial charge in [0.25, 0.3) is 0 Å². The van der Waals surface area contributed by atoms with Crippen LogP contribution in [0.15, 0.2) is 0 Å². The molecule has 0 radical (unpaired) electrons. The normalized spacial score (nSPS) is 20.9. The largest absolute Gasteiger partial charge is 0.379 e. The quantitative estimate of drug-likeness (QED) is 0.686. The topological polar surface area (TPSA) is 72.6 Å². The first-order chi connectivity index (χ1) is 7.49. The highest BCUT2D eigenvalue weighted by molar-refractivity contribution is 7.91. The Morgan fingerprint density at radius 3 is 2.50 bits per heavy atom. The lowest BCUT2D eigenvalue weighted by Gasteiger charge is -2.26. The van der Waals surface area contributed by atoms with Gasteiger partial charge in [-0.05, 0) is 13.3 Å². The summed E-state index contributed by atoms with van der Waals surface area (Å²) in [7, 11) is -2.94. The number of rotatable bonds is 6. The maximum absolute atomic E-state index is 11.7. The molecule has 1 saturated heterocycles. The van der Waals surface area contributed by atoms with E-state index in [1.807, 2.05) is 6.92 Å². The van der Waals surface area contributed by atoms with Crippen LogP contribution >= 0.6 is 0 Å². The van der Waals surface area contributed by atoms with Crippen molar-refractivity contribution in [2.45, 2.75) is 19.4 Å². The number of nitrogens with two attached hydrogens (primary N) is 1. The summed E-state index contributed by atoms with van der Waals surface area (Å²) in [5, 5.41) is 0. The predicted octanol–water partition coefficient (Wildman–Crippen LogP) is -0.529. The van der Waals surface area contributed by atoms with E-state index in [1.165, 1.54) is 0 Å². The Morgan fingerprint density at radius 2 is 1.94 bits per heavy atom. The molecule has 96 valence electrons. The second-order valence-corrected chi connectivity index (χ2v) is 6.68. The average Bonchev–Trinajstić information content (AvgIpc) is 2.26. The lowest BCUT2D eigenvalue weighted by molar-refractivity contribution is 0.0408. The lowest BCUT2D eigenvalue weighted by Crippen LogP contribution is -2.39. The summed E-state index contributed by atoms with van der Waals surface area (Å²) in [6.45, 7) is 5.54. The van der Waals surface area contributed by atoms with E-state index in [2.05, 4.69) is 4.90 Å². The fourth-order valence-corrected chi connectivity index (χ4v) is 3.03. The van der Waals surface area contributed by atoms with Crippen molar-refractivity contribution in [3.05, 3.63) is 0 Å². The van der Waals surface area contributed by atoms with Crippen LogP contribution in [0.25, 0.3) is 0 Å². The SMILES string of the molecule is CC(N)CCS(=O)(=O)CCN1CCOCC1. The third-order valence-corrected chi connectivity index (χ3v) is 4.37. The Morgan fingerprint density at radius 1 is 1.31 bits per heavy atom. The molecule has 6 heteroatoms. The molecule has 16 heavy (non-hydrogen) atoms. The summed E-state index contributed by atoms with van der Waals surface area (Å²) in [6, 6.07) is -0.0434. The van der Waals surface area contributed by atoms with Gasteiger partial charge in [0.1, 0.15) is 0 Å². The molecular formula is C10H22N2O3S. The zero-order valence-corrected chi connectivity index (χ0v) is 10.7. The van der Waals surface area contributed by atoms with Crippen LogP contribution in [0, 0.1) is 0 Å². The van der Waals surface area contributed by atoms with E-state index in [0.717, 1.165) is 13.1 Å². The number of sulfone groups is 1. The van der Waals surface area contributed by atoms with Crippen LogP contribution < -0.4 is 5.73 Å². The monoisotopic (exact) mass is 250 g/mol. The van der Waals surface area contributed by atoms with E-state index < -0.39 is 9.84 Å². The molecule has 1 rings (SSSR count). The highest BCUT2D eigenvalue weighted by Gasteiger charge is 2.16. The van der Waals surface area contributed by atoms with Crippen LogP contribution in [-0.2, 0) is 14.6 Å². The first kappa shape index (κ1) is 13.9. The molecule has 1 fully saturated rings. The molecule has 1 unspecified atom stereocenters. The van der Waals surface area contributed by atoms with Gasteiger partial charge < -0.3 is 10.5 Å². The first-order valence-corrected chi connectivity index (χ1v) is 7.58. The first-order valence-electron chi connectivity index (χ1n) is 5.76. The van der Waals surface area contributed by atoms with Gasteiger partial charge in [0.15, 0.2) is 9.84 Å². The third-order valence-electron chi connectivity index (χ3n) is 2.71. The molecule has 0 spiro atoms. The summed E-state index contributed by atoms with van der Waals surface area (Å²) in [6.07, 6.45) is 0.547. The van der Waals surface area contributed by atoms with Crippen molar-refractivity contribution < 1.29 is 13.2 Å². The summed E-state index contributed by atoms with van der Waals surface area (Å²) in [4.78, 5) is 2.13. The van der Waals surface area contributed by atoms with E-state index in [9.17, 15) is 8.42 Å². The van der Waals surface area contributed by atoms with Gasteiger partial charge in [-0.3, -0.25) is 4.90 Å². The molecule has 0 aromatic carbocycles. The van der Waals surface area contributed by atoms with E-state index >= 15 is 0 Å². The van der Waals surface area contributed by atoms with Gasteiger partial charge in [-0.2, -0.15) is 0 Å². The zero-order valence-electron chi connectivity index (χ0n) is 9.89. The molecule has 0 aromatic rings. The number of hydrogen-bond donors (Lipinski definition) is 1. The Hall–Kier alpha value is -0.170. The standard InChI is InChI=1S/C10H22N2O3S/c1-10(11)2-8-16(13,14)9-5-12-3-6-15-7-4-12/h10H,2-9,11H2,1H3. The fraction of sp³-hybridized carbons (Fsp3) is 1.00. The number of hydrogen-bond acceptors (Lipinski definition) is 5. The molecule has 1 aliphatic heterocycles. The lowest BCUT2D eigenvalue weighted by atomic mass is 10.3. The molecule has 1 atom stereocenters. The van der Waals surface area contributed by atoms with Crippen LogP contribution in [0.2, 0.25) is 0 Å². The van der Waals surface area contributed by atoms with Crippen LogP contribution in [-0.4, -0.2) is 63.7 Å². The Balaban J connectivity index is 2.24. The molecule has 1 aliphatic rings. The maximum Gasteiger partial charge on any atom is 0.151 e. The van der Waals surface area contributed by atoms with Crippen molar-refractivity contribution in [3.63, 3.8) is 0 Å². The minimum Gasteiger partial charge on any atom is -0.379 e. The van der Waals surface area contributed by atoms with Gasteiger partial charge in [0, 0.05) is 25.7 Å². The van der Waals surface area contributed by atoms with Crippen LogP contribution in [0.3, 0.4) is 0 Å². The van der Waals surface area contributed by atoms with E-state index in [4.69, 9.17) is 10.5 Å². The zero-order chi connectivity index (χ0) is 12.0. The average molecular weight is 250 g/mol. The molecule has 1 heterocycles. The third kappa shape index (κ3) is 5.79. The summed E-state index contributed by atoms with van der Waals surface area (Å²) >= 11 is 0. The molecule has 0 aromatic heterocycles. The van der Waals surface area contributed by atoms with Crippen molar-refractivity contribution in [2.24, 2.45) is 5.73 Å². The molecule has 0 aliphatic carbocycles.